The summed E-state index contributed by atoms with van der Waals surface area (Å²) >= 11 is 0. The summed E-state index contributed by atoms with van der Waals surface area (Å²) in [5, 5.41) is 14.2. The molecule has 1 aliphatic carbocycles. The number of benzene rings is 1. The highest BCUT2D eigenvalue weighted by Crippen LogP contribution is 2.20. The van der Waals surface area contributed by atoms with Gasteiger partial charge in [-0.15, -0.1) is 10.2 Å². The molecule has 3 rings (SSSR count). The first-order chi connectivity index (χ1) is 12.7. The summed E-state index contributed by atoms with van der Waals surface area (Å²) in [6.07, 6.45) is 6.06. The number of hydrogen-bond donors (Lipinski definition) is 2. The normalized spacial score (nSPS) is 14.5. The van der Waals surface area contributed by atoms with Crippen molar-refractivity contribution in [2.24, 2.45) is 0 Å². The maximum absolute atomic E-state index is 12.3. The molecule has 0 saturated heterocycles. The Hall–Kier alpha value is -2.96. The number of hydrogen-bond acceptors (Lipinski definition) is 6. The van der Waals surface area contributed by atoms with E-state index in [-0.39, 0.29) is 11.6 Å². The lowest BCUT2D eigenvalue weighted by atomic mass is 9.95. The van der Waals surface area contributed by atoms with Crippen LogP contribution in [0.15, 0.2) is 36.4 Å². The lowest BCUT2D eigenvalue weighted by molar-refractivity contribution is 0.0600. The molecule has 2 N–H and O–H groups in total. The predicted molar refractivity (Wildman–Crippen MR) is 98.3 cm³/mol. The number of aromatic nitrogens is 2. The second-order valence-corrected chi connectivity index (χ2v) is 6.31. The summed E-state index contributed by atoms with van der Waals surface area (Å²) < 4.78 is 4.64. The van der Waals surface area contributed by atoms with Crippen molar-refractivity contribution < 1.29 is 14.3 Å². The number of rotatable bonds is 5. The number of carbonyl (C=O) groups excluding carboxylic acids is 2. The van der Waals surface area contributed by atoms with E-state index in [0.29, 0.717) is 23.1 Å². The number of ether oxygens (including phenoxy) is 1. The van der Waals surface area contributed by atoms with Crippen LogP contribution in [0, 0.1) is 0 Å². The summed E-state index contributed by atoms with van der Waals surface area (Å²) in [5.41, 5.74) is 1.22. The van der Waals surface area contributed by atoms with Crippen LogP contribution in [0.25, 0.3) is 0 Å². The first kappa shape index (κ1) is 17.8. The van der Waals surface area contributed by atoms with Crippen molar-refractivity contribution in [1.29, 1.82) is 0 Å². The van der Waals surface area contributed by atoms with E-state index in [1.165, 1.54) is 26.4 Å². The van der Waals surface area contributed by atoms with E-state index in [0.717, 1.165) is 12.8 Å². The van der Waals surface area contributed by atoms with E-state index in [4.69, 9.17) is 0 Å². The van der Waals surface area contributed by atoms with Crippen LogP contribution in [-0.2, 0) is 4.74 Å². The number of esters is 1. The number of nitrogens with zero attached hydrogens (tertiary/aromatic N) is 2. The van der Waals surface area contributed by atoms with Gasteiger partial charge in [-0.3, -0.25) is 4.79 Å². The number of nitrogens with one attached hydrogen (secondary N) is 2. The predicted octanol–water partition coefficient (Wildman–Crippen LogP) is 3.26. The third-order valence-electron chi connectivity index (χ3n) is 4.42. The molecule has 1 heterocycles. The molecule has 1 aromatic heterocycles. The molecule has 0 unspecified atom stereocenters. The average molecular weight is 354 g/mol. The molecule has 2 aromatic rings. The average Bonchev–Trinajstić information content (AvgIpc) is 2.69. The number of amides is 1. The summed E-state index contributed by atoms with van der Waals surface area (Å²) in [6.45, 7) is 0. The van der Waals surface area contributed by atoms with Gasteiger partial charge in [-0.25, -0.2) is 4.79 Å². The van der Waals surface area contributed by atoms with Gasteiger partial charge in [0.25, 0.3) is 5.91 Å². The quantitative estimate of drug-likeness (QED) is 0.801. The summed E-state index contributed by atoms with van der Waals surface area (Å²) in [4.78, 5) is 23.7. The summed E-state index contributed by atoms with van der Waals surface area (Å²) in [6, 6.07) is 10.3. The highest BCUT2D eigenvalue weighted by molar-refractivity contribution is 6.03. The van der Waals surface area contributed by atoms with E-state index in [1.807, 2.05) is 0 Å². The van der Waals surface area contributed by atoms with Gasteiger partial charge in [0.2, 0.25) is 0 Å². The Morgan fingerprint density at radius 1 is 1.00 bits per heavy atom. The van der Waals surface area contributed by atoms with Crippen LogP contribution in [0.5, 0.6) is 0 Å². The van der Waals surface area contributed by atoms with Crippen LogP contribution < -0.4 is 10.6 Å². The van der Waals surface area contributed by atoms with Gasteiger partial charge in [-0.05, 0) is 49.2 Å². The van der Waals surface area contributed by atoms with Gasteiger partial charge in [0.1, 0.15) is 5.82 Å². The smallest absolute Gasteiger partial charge is 0.337 e. The highest BCUT2D eigenvalue weighted by atomic mass is 16.5. The molecule has 26 heavy (non-hydrogen) atoms. The molecule has 1 aliphatic rings. The fraction of sp³-hybridized carbons (Fsp3) is 0.368. The Labute approximate surface area is 152 Å². The summed E-state index contributed by atoms with van der Waals surface area (Å²) in [7, 11) is 1.32. The van der Waals surface area contributed by atoms with Gasteiger partial charge in [0.15, 0.2) is 5.69 Å². The molecule has 136 valence electrons. The zero-order valence-electron chi connectivity index (χ0n) is 14.7. The second kappa shape index (κ2) is 8.42. The van der Waals surface area contributed by atoms with E-state index in [9.17, 15) is 9.59 Å². The fourth-order valence-electron chi connectivity index (χ4n) is 2.99. The van der Waals surface area contributed by atoms with Crippen molar-refractivity contribution in [3.05, 3.63) is 47.7 Å². The maximum Gasteiger partial charge on any atom is 0.337 e. The van der Waals surface area contributed by atoms with Gasteiger partial charge in [-0.1, -0.05) is 19.3 Å². The molecule has 7 heteroatoms. The molecular formula is C19H22N4O3. The molecule has 1 aromatic carbocycles. The number of carbonyl (C=O) groups is 2. The minimum atomic E-state index is -0.421. The third kappa shape index (κ3) is 4.56. The van der Waals surface area contributed by atoms with Crippen molar-refractivity contribution in [3.8, 4) is 0 Å². The largest absolute Gasteiger partial charge is 0.465 e. The van der Waals surface area contributed by atoms with Crippen LogP contribution in [0.1, 0.15) is 53.0 Å². The van der Waals surface area contributed by atoms with Crippen molar-refractivity contribution in [3.63, 3.8) is 0 Å². The van der Waals surface area contributed by atoms with Crippen molar-refractivity contribution in [2.45, 2.75) is 38.1 Å². The SMILES string of the molecule is COC(=O)c1ccc(NC(=O)c2ccc(NC3CCCCC3)nn2)cc1. The Morgan fingerprint density at radius 2 is 1.73 bits per heavy atom. The molecule has 0 bridgehead atoms. The van der Waals surface area contributed by atoms with Crippen molar-refractivity contribution in [2.75, 3.05) is 17.7 Å². The third-order valence-corrected chi connectivity index (χ3v) is 4.42. The maximum atomic E-state index is 12.3. The molecule has 1 amide bonds. The minimum absolute atomic E-state index is 0.233. The van der Waals surface area contributed by atoms with Crippen LogP contribution in [-0.4, -0.2) is 35.2 Å². The highest BCUT2D eigenvalue weighted by Gasteiger charge is 2.14. The van der Waals surface area contributed by atoms with Gasteiger partial charge in [0.05, 0.1) is 12.7 Å². The van der Waals surface area contributed by atoms with E-state index >= 15 is 0 Å². The van der Waals surface area contributed by atoms with Gasteiger partial charge in [0, 0.05) is 11.7 Å². The van der Waals surface area contributed by atoms with Crippen LogP contribution in [0.3, 0.4) is 0 Å². The fourth-order valence-corrected chi connectivity index (χ4v) is 2.99. The van der Waals surface area contributed by atoms with Gasteiger partial charge < -0.3 is 15.4 Å². The molecule has 0 aliphatic heterocycles. The van der Waals surface area contributed by atoms with Gasteiger partial charge in [-0.2, -0.15) is 0 Å². The van der Waals surface area contributed by atoms with E-state index < -0.39 is 5.97 Å². The number of anilines is 2. The van der Waals surface area contributed by atoms with Crippen LogP contribution in [0.2, 0.25) is 0 Å². The second-order valence-electron chi connectivity index (χ2n) is 6.31. The van der Waals surface area contributed by atoms with Crippen LogP contribution in [0.4, 0.5) is 11.5 Å². The zero-order chi connectivity index (χ0) is 18.4. The van der Waals surface area contributed by atoms with Crippen LogP contribution >= 0.6 is 0 Å². The Bertz CT molecular complexity index is 753. The summed E-state index contributed by atoms with van der Waals surface area (Å²) in [5.74, 6) is -0.0850. The lowest BCUT2D eigenvalue weighted by Gasteiger charge is -2.22. The molecular weight excluding hydrogens is 332 g/mol. The standard InChI is InChI=1S/C19H22N4O3/c1-26-19(25)13-7-9-15(10-8-13)21-18(24)16-11-12-17(23-22-16)20-14-5-3-2-4-6-14/h7-12,14H,2-6H2,1H3,(H,20,23)(H,21,24). The van der Waals surface area contributed by atoms with Gasteiger partial charge >= 0.3 is 5.97 Å². The Balaban J connectivity index is 1.58. The zero-order valence-corrected chi connectivity index (χ0v) is 14.7. The molecule has 1 fully saturated rings. The molecule has 0 atom stereocenters. The molecule has 0 radical (unpaired) electrons. The van der Waals surface area contributed by atoms with Crippen molar-refractivity contribution >= 4 is 23.4 Å². The monoisotopic (exact) mass is 354 g/mol. The van der Waals surface area contributed by atoms with Crippen molar-refractivity contribution in [1.82, 2.24) is 10.2 Å². The van der Waals surface area contributed by atoms with E-state index in [1.54, 1.807) is 36.4 Å². The topological polar surface area (TPSA) is 93.2 Å². The Kier molecular flexibility index (Phi) is 5.78. The minimum Gasteiger partial charge on any atom is -0.465 e. The molecule has 0 spiro atoms. The molecule has 7 nitrogen and oxygen atoms in total. The lowest BCUT2D eigenvalue weighted by Crippen LogP contribution is -2.23. The molecule has 1 saturated carbocycles. The van der Waals surface area contributed by atoms with E-state index in [2.05, 4.69) is 25.6 Å². The number of methoxy groups -OCH3 is 1. The Morgan fingerprint density at radius 3 is 2.35 bits per heavy atom. The first-order valence-corrected chi connectivity index (χ1v) is 8.76. The first-order valence-electron chi connectivity index (χ1n) is 8.76.